The van der Waals surface area contributed by atoms with Gasteiger partial charge < -0.3 is 15.4 Å². The maximum Gasteiger partial charge on any atom is 0.255 e. The van der Waals surface area contributed by atoms with Crippen molar-refractivity contribution in [3.05, 3.63) is 88.9 Å². The van der Waals surface area contributed by atoms with E-state index < -0.39 is 0 Å². The van der Waals surface area contributed by atoms with Gasteiger partial charge in [0, 0.05) is 27.9 Å². The Morgan fingerprint density at radius 2 is 1.60 bits per heavy atom. The van der Waals surface area contributed by atoms with Crippen LogP contribution in [0.5, 0.6) is 5.75 Å². The number of carbonyl (C=O) groups is 2. The Labute approximate surface area is 180 Å². The molecule has 2 amide bonds. The van der Waals surface area contributed by atoms with Crippen molar-refractivity contribution in [1.82, 2.24) is 0 Å². The number of ether oxygens (including phenoxy) is 1. The minimum atomic E-state index is -0.238. The topological polar surface area (TPSA) is 67.4 Å². The summed E-state index contributed by atoms with van der Waals surface area (Å²) in [4.78, 5) is 24.4. The van der Waals surface area contributed by atoms with Gasteiger partial charge in [-0.25, -0.2) is 0 Å². The molecule has 0 atom stereocenters. The van der Waals surface area contributed by atoms with Gasteiger partial charge in [0.15, 0.2) is 0 Å². The number of nitrogens with one attached hydrogen (secondary N) is 2. The second-order valence-corrected chi connectivity index (χ2v) is 7.68. The summed E-state index contributed by atoms with van der Waals surface area (Å²) >= 11 is 5.99. The number of carbonyl (C=O) groups excluding carboxylic acids is 2. The van der Waals surface area contributed by atoms with Gasteiger partial charge in [-0.15, -0.1) is 0 Å². The van der Waals surface area contributed by atoms with E-state index >= 15 is 0 Å². The van der Waals surface area contributed by atoms with Crippen molar-refractivity contribution in [1.29, 1.82) is 0 Å². The molecule has 0 aromatic heterocycles. The minimum absolute atomic E-state index is 0.0568. The fourth-order valence-corrected chi connectivity index (χ4v) is 3.16. The number of halogens is 1. The fraction of sp³-hybridized carbons (Fsp3) is 0.167. The molecule has 0 saturated heterocycles. The Morgan fingerprint density at radius 1 is 0.900 bits per heavy atom. The molecule has 5 nitrogen and oxygen atoms in total. The number of benzene rings is 3. The lowest BCUT2D eigenvalue weighted by Crippen LogP contribution is -2.14. The monoisotopic (exact) mass is 420 g/mol. The van der Waals surface area contributed by atoms with E-state index in [1.54, 1.807) is 48.5 Å². The Balaban J connectivity index is 1.35. The molecule has 0 radical (unpaired) electrons. The molecular formula is C24H21ClN2O3. The molecule has 30 heavy (non-hydrogen) atoms. The zero-order chi connectivity index (χ0) is 20.9. The second kappa shape index (κ2) is 9.01. The smallest absolute Gasteiger partial charge is 0.255 e. The molecule has 1 fully saturated rings. The molecule has 2 N–H and O–H groups in total. The fourth-order valence-electron chi connectivity index (χ4n) is 2.95. The Morgan fingerprint density at radius 3 is 2.30 bits per heavy atom. The third-order valence-electron chi connectivity index (χ3n) is 4.75. The number of hydrogen-bond donors (Lipinski definition) is 2. The quantitative estimate of drug-likeness (QED) is 0.528. The van der Waals surface area contributed by atoms with Crippen LogP contribution >= 0.6 is 11.6 Å². The normalized spacial score (nSPS) is 12.8. The van der Waals surface area contributed by atoms with Gasteiger partial charge in [-0.1, -0.05) is 29.8 Å². The standard InChI is InChI=1S/C24H21ClN2O3/c25-19-5-1-3-16(13-19)15-30-22-6-2-4-18(14-22)24(29)27-21-11-9-20(10-12-21)26-23(28)17-7-8-17/h1-6,9-14,17H,7-8,15H2,(H,26,28)(H,27,29). The maximum absolute atomic E-state index is 12.6. The molecule has 0 aliphatic heterocycles. The molecular weight excluding hydrogens is 400 g/mol. The number of anilines is 2. The second-order valence-electron chi connectivity index (χ2n) is 7.24. The molecule has 4 rings (SSSR count). The van der Waals surface area contributed by atoms with Gasteiger partial charge in [0.1, 0.15) is 12.4 Å². The van der Waals surface area contributed by atoms with E-state index in [1.807, 2.05) is 24.3 Å². The molecule has 0 bridgehead atoms. The molecule has 1 saturated carbocycles. The van der Waals surface area contributed by atoms with Crippen LogP contribution in [0.4, 0.5) is 11.4 Å². The molecule has 0 unspecified atom stereocenters. The van der Waals surface area contributed by atoms with Crippen LogP contribution in [0.15, 0.2) is 72.8 Å². The van der Waals surface area contributed by atoms with Crippen LogP contribution in [0.1, 0.15) is 28.8 Å². The molecule has 3 aromatic carbocycles. The summed E-state index contributed by atoms with van der Waals surface area (Å²) in [6.45, 7) is 0.361. The van der Waals surface area contributed by atoms with Gasteiger partial charge in [-0.3, -0.25) is 9.59 Å². The van der Waals surface area contributed by atoms with Crippen LogP contribution in [0.25, 0.3) is 0 Å². The van der Waals surface area contributed by atoms with E-state index in [4.69, 9.17) is 16.3 Å². The van der Waals surface area contributed by atoms with Crippen molar-refractivity contribution >= 4 is 34.8 Å². The zero-order valence-corrected chi connectivity index (χ0v) is 17.0. The lowest BCUT2D eigenvalue weighted by molar-refractivity contribution is -0.117. The lowest BCUT2D eigenvalue weighted by Gasteiger charge is -2.10. The first kappa shape index (κ1) is 20.0. The summed E-state index contributed by atoms with van der Waals surface area (Å²) in [7, 11) is 0. The van der Waals surface area contributed by atoms with Crippen molar-refractivity contribution in [2.45, 2.75) is 19.4 Å². The van der Waals surface area contributed by atoms with Crippen molar-refractivity contribution < 1.29 is 14.3 Å². The predicted octanol–water partition coefficient (Wildman–Crippen LogP) is 5.52. The van der Waals surface area contributed by atoms with Crippen molar-refractivity contribution in [2.24, 2.45) is 5.92 Å². The average Bonchev–Trinajstić information content (AvgIpc) is 3.59. The zero-order valence-electron chi connectivity index (χ0n) is 16.2. The third-order valence-corrected chi connectivity index (χ3v) is 4.98. The summed E-state index contributed by atoms with van der Waals surface area (Å²) in [5, 5.41) is 6.39. The highest BCUT2D eigenvalue weighted by atomic mass is 35.5. The summed E-state index contributed by atoms with van der Waals surface area (Å²) in [5.41, 5.74) is 2.81. The maximum atomic E-state index is 12.6. The van der Waals surface area contributed by atoms with Crippen LogP contribution < -0.4 is 15.4 Å². The van der Waals surface area contributed by atoms with Gasteiger partial charge in [0.2, 0.25) is 5.91 Å². The van der Waals surface area contributed by atoms with Crippen LogP contribution in [0.2, 0.25) is 5.02 Å². The summed E-state index contributed by atoms with van der Waals surface area (Å²) in [5.74, 6) is 0.567. The van der Waals surface area contributed by atoms with Crippen LogP contribution in [0, 0.1) is 5.92 Å². The largest absolute Gasteiger partial charge is 0.489 e. The number of amides is 2. The summed E-state index contributed by atoms with van der Waals surface area (Å²) < 4.78 is 5.79. The predicted molar refractivity (Wildman–Crippen MR) is 118 cm³/mol. The Bertz CT molecular complexity index is 1060. The van der Waals surface area contributed by atoms with E-state index in [9.17, 15) is 9.59 Å². The highest BCUT2D eigenvalue weighted by Gasteiger charge is 2.29. The molecule has 1 aliphatic carbocycles. The highest BCUT2D eigenvalue weighted by molar-refractivity contribution is 6.30. The summed E-state index contributed by atoms with van der Waals surface area (Å²) in [6, 6.07) is 21.5. The lowest BCUT2D eigenvalue weighted by atomic mass is 10.2. The Kier molecular flexibility index (Phi) is 6.00. The van der Waals surface area contributed by atoms with E-state index in [1.165, 1.54) is 0 Å². The molecule has 0 spiro atoms. The minimum Gasteiger partial charge on any atom is -0.489 e. The van der Waals surface area contributed by atoms with E-state index in [-0.39, 0.29) is 17.7 Å². The van der Waals surface area contributed by atoms with Crippen molar-refractivity contribution in [3.8, 4) is 5.75 Å². The number of hydrogen-bond acceptors (Lipinski definition) is 3. The first-order valence-electron chi connectivity index (χ1n) is 9.76. The van der Waals surface area contributed by atoms with Crippen LogP contribution in [0.3, 0.4) is 0 Å². The van der Waals surface area contributed by atoms with E-state index in [0.717, 1.165) is 24.1 Å². The Hall–Kier alpha value is -3.31. The van der Waals surface area contributed by atoms with Gasteiger partial charge in [0.05, 0.1) is 0 Å². The summed E-state index contributed by atoms with van der Waals surface area (Å²) in [6.07, 6.45) is 1.92. The van der Waals surface area contributed by atoms with E-state index in [0.29, 0.717) is 28.6 Å². The van der Waals surface area contributed by atoms with E-state index in [2.05, 4.69) is 10.6 Å². The highest BCUT2D eigenvalue weighted by Crippen LogP contribution is 2.30. The van der Waals surface area contributed by atoms with Crippen molar-refractivity contribution in [3.63, 3.8) is 0 Å². The molecule has 1 aliphatic rings. The molecule has 152 valence electrons. The third kappa shape index (κ3) is 5.39. The molecule has 3 aromatic rings. The average molecular weight is 421 g/mol. The van der Waals surface area contributed by atoms with Gasteiger partial charge in [-0.05, 0) is 73.0 Å². The van der Waals surface area contributed by atoms with Crippen LogP contribution in [-0.4, -0.2) is 11.8 Å². The molecule has 0 heterocycles. The van der Waals surface area contributed by atoms with Gasteiger partial charge >= 0.3 is 0 Å². The first-order valence-corrected chi connectivity index (χ1v) is 10.1. The van der Waals surface area contributed by atoms with Crippen molar-refractivity contribution in [2.75, 3.05) is 10.6 Å². The van der Waals surface area contributed by atoms with Gasteiger partial charge in [-0.2, -0.15) is 0 Å². The number of rotatable bonds is 7. The first-order chi connectivity index (χ1) is 14.6. The molecule has 6 heteroatoms. The SMILES string of the molecule is O=C(Nc1ccc(NC(=O)C2CC2)cc1)c1cccc(OCc2cccc(Cl)c2)c1. The van der Waals surface area contributed by atoms with Crippen LogP contribution in [-0.2, 0) is 11.4 Å². The van der Waals surface area contributed by atoms with Gasteiger partial charge in [0.25, 0.3) is 5.91 Å².